The molecule has 0 spiro atoms. The molecule has 1 aliphatic heterocycles. The molecule has 1 aromatic rings. The van der Waals surface area contributed by atoms with E-state index in [0.29, 0.717) is 24.1 Å². The SMILES string of the molecule is O=C(CSC1CCCC1)N1Cc2cncnc2C1. The van der Waals surface area contributed by atoms with Crippen LogP contribution in [0.25, 0.3) is 0 Å². The van der Waals surface area contributed by atoms with Gasteiger partial charge in [-0.1, -0.05) is 12.8 Å². The quantitative estimate of drug-likeness (QED) is 0.836. The van der Waals surface area contributed by atoms with E-state index >= 15 is 0 Å². The third-order valence-corrected chi connectivity index (χ3v) is 5.04. The summed E-state index contributed by atoms with van der Waals surface area (Å²) in [6.45, 7) is 1.34. The molecule has 3 rings (SSSR count). The predicted octanol–water partition coefficient (Wildman–Crippen LogP) is 1.99. The van der Waals surface area contributed by atoms with Crippen LogP contribution in [0.1, 0.15) is 36.9 Å². The first-order valence-electron chi connectivity index (χ1n) is 6.50. The molecule has 2 aliphatic rings. The first-order valence-corrected chi connectivity index (χ1v) is 7.55. The average Bonchev–Trinajstić information content (AvgIpc) is 3.04. The molecule has 1 amide bonds. The summed E-state index contributed by atoms with van der Waals surface area (Å²) >= 11 is 1.83. The first-order chi connectivity index (χ1) is 8.83. The number of fused-ring (bicyclic) bond motifs is 1. The molecule has 4 nitrogen and oxygen atoms in total. The Kier molecular flexibility index (Phi) is 3.50. The van der Waals surface area contributed by atoms with Crippen LogP contribution in [-0.2, 0) is 17.9 Å². The van der Waals surface area contributed by atoms with Gasteiger partial charge >= 0.3 is 0 Å². The van der Waals surface area contributed by atoms with Crippen LogP contribution in [-0.4, -0.2) is 31.8 Å². The van der Waals surface area contributed by atoms with Crippen molar-refractivity contribution in [2.75, 3.05) is 5.75 Å². The van der Waals surface area contributed by atoms with E-state index in [1.54, 1.807) is 6.33 Å². The fourth-order valence-corrected chi connectivity index (χ4v) is 3.84. The van der Waals surface area contributed by atoms with Crippen molar-refractivity contribution in [2.24, 2.45) is 0 Å². The van der Waals surface area contributed by atoms with E-state index in [2.05, 4.69) is 9.97 Å². The summed E-state index contributed by atoms with van der Waals surface area (Å²) in [5.41, 5.74) is 2.10. The van der Waals surface area contributed by atoms with Crippen molar-refractivity contribution < 1.29 is 4.79 Å². The molecule has 0 unspecified atom stereocenters. The summed E-state index contributed by atoms with van der Waals surface area (Å²) in [6, 6.07) is 0. The van der Waals surface area contributed by atoms with E-state index in [0.717, 1.165) is 11.3 Å². The molecular weight excluding hydrogens is 246 g/mol. The molecule has 5 heteroatoms. The number of carbonyl (C=O) groups is 1. The zero-order valence-electron chi connectivity index (χ0n) is 10.3. The molecule has 2 heterocycles. The first kappa shape index (κ1) is 12.0. The van der Waals surface area contributed by atoms with Crippen LogP contribution < -0.4 is 0 Å². The van der Waals surface area contributed by atoms with E-state index in [1.807, 2.05) is 22.9 Å². The van der Waals surface area contributed by atoms with Gasteiger partial charge in [0.1, 0.15) is 6.33 Å². The molecule has 1 fully saturated rings. The number of aromatic nitrogens is 2. The third-order valence-electron chi connectivity index (χ3n) is 3.68. The maximum absolute atomic E-state index is 12.1. The highest BCUT2D eigenvalue weighted by Gasteiger charge is 2.25. The highest BCUT2D eigenvalue weighted by Crippen LogP contribution is 2.30. The normalized spacial score (nSPS) is 19.2. The zero-order chi connectivity index (χ0) is 12.4. The highest BCUT2D eigenvalue weighted by molar-refractivity contribution is 8.00. The lowest BCUT2D eigenvalue weighted by Gasteiger charge is -2.16. The number of hydrogen-bond donors (Lipinski definition) is 0. The van der Waals surface area contributed by atoms with E-state index < -0.39 is 0 Å². The van der Waals surface area contributed by atoms with Crippen LogP contribution in [0.2, 0.25) is 0 Å². The Morgan fingerprint density at radius 1 is 1.39 bits per heavy atom. The molecular formula is C13H17N3OS. The molecule has 96 valence electrons. The van der Waals surface area contributed by atoms with E-state index in [4.69, 9.17) is 0 Å². The van der Waals surface area contributed by atoms with Crippen LogP contribution in [0, 0.1) is 0 Å². The van der Waals surface area contributed by atoms with Crippen molar-refractivity contribution in [3.05, 3.63) is 23.8 Å². The summed E-state index contributed by atoms with van der Waals surface area (Å²) < 4.78 is 0. The second-order valence-corrected chi connectivity index (χ2v) is 6.25. The number of hydrogen-bond acceptors (Lipinski definition) is 4. The summed E-state index contributed by atoms with van der Waals surface area (Å²) in [4.78, 5) is 22.2. The minimum atomic E-state index is 0.241. The van der Waals surface area contributed by atoms with Gasteiger partial charge in [0.05, 0.1) is 18.0 Å². The Morgan fingerprint density at radius 2 is 2.22 bits per heavy atom. The van der Waals surface area contributed by atoms with Crippen molar-refractivity contribution in [1.29, 1.82) is 0 Å². The van der Waals surface area contributed by atoms with Gasteiger partial charge in [-0.25, -0.2) is 9.97 Å². The molecule has 0 N–H and O–H groups in total. The van der Waals surface area contributed by atoms with Crippen molar-refractivity contribution in [3.63, 3.8) is 0 Å². The topological polar surface area (TPSA) is 46.1 Å². The monoisotopic (exact) mass is 263 g/mol. The average molecular weight is 263 g/mol. The summed E-state index contributed by atoms with van der Waals surface area (Å²) in [6.07, 6.45) is 8.60. The van der Waals surface area contributed by atoms with Crippen molar-refractivity contribution in [2.45, 2.75) is 44.0 Å². The standard InChI is InChI=1S/C13H17N3OS/c17-13(8-18-11-3-1-2-4-11)16-6-10-5-14-9-15-12(10)7-16/h5,9,11H,1-4,6-8H2. The fraction of sp³-hybridized carbons (Fsp3) is 0.615. The number of nitrogens with zero attached hydrogens (tertiary/aromatic N) is 3. The van der Waals surface area contributed by atoms with Crippen LogP contribution in [0.3, 0.4) is 0 Å². The Morgan fingerprint density at radius 3 is 3.00 bits per heavy atom. The molecule has 0 atom stereocenters. The van der Waals surface area contributed by atoms with Gasteiger partial charge in [0.2, 0.25) is 5.91 Å². The molecule has 1 aliphatic carbocycles. The second kappa shape index (κ2) is 5.26. The van der Waals surface area contributed by atoms with Crippen LogP contribution >= 0.6 is 11.8 Å². The van der Waals surface area contributed by atoms with Gasteiger partial charge in [-0.3, -0.25) is 4.79 Å². The second-order valence-electron chi connectivity index (χ2n) is 4.96. The molecule has 18 heavy (non-hydrogen) atoms. The molecule has 1 saturated carbocycles. The van der Waals surface area contributed by atoms with Crippen molar-refractivity contribution in [3.8, 4) is 0 Å². The molecule has 0 saturated heterocycles. The number of amides is 1. The van der Waals surface area contributed by atoms with Gasteiger partial charge in [0, 0.05) is 23.6 Å². The largest absolute Gasteiger partial charge is 0.332 e. The van der Waals surface area contributed by atoms with Gasteiger partial charge in [-0.2, -0.15) is 0 Å². The lowest BCUT2D eigenvalue weighted by Crippen LogP contribution is -2.27. The Hall–Kier alpha value is -1.10. The Bertz CT molecular complexity index is 421. The van der Waals surface area contributed by atoms with E-state index in [1.165, 1.54) is 25.7 Å². The van der Waals surface area contributed by atoms with Crippen molar-refractivity contribution in [1.82, 2.24) is 14.9 Å². The van der Waals surface area contributed by atoms with Gasteiger partial charge in [0.15, 0.2) is 0 Å². The zero-order valence-corrected chi connectivity index (χ0v) is 11.2. The Balaban J connectivity index is 1.52. The third kappa shape index (κ3) is 2.51. The summed E-state index contributed by atoms with van der Waals surface area (Å²) in [7, 11) is 0. The maximum Gasteiger partial charge on any atom is 0.233 e. The van der Waals surface area contributed by atoms with Gasteiger partial charge < -0.3 is 4.90 Å². The lowest BCUT2D eigenvalue weighted by atomic mass is 10.3. The molecule has 0 radical (unpaired) electrons. The summed E-state index contributed by atoms with van der Waals surface area (Å²) in [5.74, 6) is 0.858. The fourth-order valence-electron chi connectivity index (χ4n) is 2.61. The highest BCUT2D eigenvalue weighted by atomic mass is 32.2. The van der Waals surface area contributed by atoms with Crippen LogP contribution in [0.5, 0.6) is 0 Å². The number of thioether (sulfide) groups is 1. The number of carbonyl (C=O) groups excluding carboxylic acids is 1. The number of rotatable bonds is 3. The molecule has 0 aromatic carbocycles. The smallest absolute Gasteiger partial charge is 0.233 e. The lowest BCUT2D eigenvalue weighted by molar-refractivity contribution is -0.128. The Labute approximate surface area is 111 Å². The van der Waals surface area contributed by atoms with Gasteiger partial charge in [-0.15, -0.1) is 11.8 Å². The minimum absolute atomic E-state index is 0.241. The summed E-state index contributed by atoms with van der Waals surface area (Å²) in [5, 5.41) is 0.707. The molecule has 1 aromatic heterocycles. The van der Waals surface area contributed by atoms with E-state index in [9.17, 15) is 4.79 Å². The van der Waals surface area contributed by atoms with Crippen LogP contribution in [0.4, 0.5) is 0 Å². The van der Waals surface area contributed by atoms with E-state index in [-0.39, 0.29) is 5.91 Å². The molecule has 0 bridgehead atoms. The predicted molar refractivity (Wildman–Crippen MR) is 71.0 cm³/mol. The van der Waals surface area contributed by atoms with Crippen molar-refractivity contribution >= 4 is 17.7 Å². The van der Waals surface area contributed by atoms with Gasteiger partial charge in [-0.05, 0) is 12.8 Å². The minimum Gasteiger partial charge on any atom is -0.332 e. The van der Waals surface area contributed by atoms with Crippen LogP contribution in [0.15, 0.2) is 12.5 Å². The maximum atomic E-state index is 12.1. The van der Waals surface area contributed by atoms with Gasteiger partial charge in [0.25, 0.3) is 0 Å².